The van der Waals surface area contributed by atoms with Gasteiger partial charge in [-0.25, -0.2) is 0 Å². The zero-order chi connectivity index (χ0) is 19.0. The van der Waals surface area contributed by atoms with Gasteiger partial charge in [0.25, 0.3) is 5.91 Å². The molecule has 27 heavy (non-hydrogen) atoms. The lowest BCUT2D eigenvalue weighted by molar-refractivity contribution is -0.175. The molecule has 5 heteroatoms. The average Bonchev–Trinajstić information content (AvgIpc) is 3.48. The molecule has 2 aromatic rings. The summed E-state index contributed by atoms with van der Waals surface area (Å²) in [4.78, 5) is 15.2. The molecule has 3 atom stereocenters. The molecule has 4 rings (SSSR count). The number of rotatable bonds is 5. The lowest BCUT2D eigenvalue weighted by Crippen LogP contribution is -2.51. The van der Waals surface area contributed by atoms with Crippen LogP contribution in [0.25, 0.3) is 0 Å². The Bertz CT molecular complexity index is 819. The van der Waals surface area contributed by atoms with Gasteiger partial charge in [-0.1, -0.05) is 54.4 Å². The number of hydrogen-bond acceptors (Lipinski definition) is 2. The van der Waals surface area contributed by atoms with Crippen LogP contribution in [0.2, 0.25) is 10.0 Å². The quantitative estimate of drug-likeness (QED) is 0.628. The van der Waals surface area contributed by atoms with Crippen LogP contribution in [0, 0.1) is 5.92 Å². The predicted octanol–water partition coefficient (Wildman–Crippen LogP) is 5.82. The highest BCUT2D eigenvalue weighted by Gasteiger charge is 2.45. The lowest BCUT2D eigenvalue weighted by atomic mass is 9.91. The third-order valence-corrected chi connectivity index (χ3v) is 5.89. The third kappa shape index (κ3) is 4.01. The fourth-order valence-corrected chi connectivity index (χ4v) is 4.13. The fourth-order valence-electron chi connectivity index (χ4n) is 3.81. The smallest absolute Gasteiger partial charge is 0.252 e. The van der Waals surface area contributed by atoms with Crippen molar-refractivity contribution < 1.29 is 9.53 Å². The SMILES string of the molecule is CC[C@@H]1O[C@@H](c2cccc(Cl)c2)[C@@H](c2ccc(Cl)cc2)N(CC2CC2)C1=O. The maximum absolute atomic E-state index is 13.2. The summed E-state index contributed by atoms with van der Waals surface area (Å²) in [6.07, 6.45) is 2.36. The Morgan fingerprint density at radius 1 is 1.04 bits per heavy atom. The van der Waals surface area contributed by atoms with Crippen LogP contribution < -0.4 is 0 Å². The van der Waals surface area contributed by atoms with E-state index in [1.54, 1.807) is 0 Å². The van der Waals surface area contributed by atoms with Crippen LogP contribution in [0.5, 0.6) is 0 Å². The van der Waals surface area contributed by atoms with Gasteiger partial charge in [-0.05, 0) is 60.6 Å². The van der Waals surface area contributed by atoms with E-state index >= 15 is 0 Å². The molecule has 142 valence electrons. The van der Waals surface area contributed by atoms with Gasteiger partial charge in [0.1, 0.15) is 12.2 Å². The van der Waals surface area contributed by atoms with Crippen LogP contribution >= 0.6 is 23.2 Å². The number of ether oxygens (including phenoxy) is 1. The van der Waals surface area contributed by atoms with Gasteiger partial charge in [0.15, 0.2) is 0 Å². The minimum absolute atomic E-state index is 0.0858. The second-order valence-corrected chi connectivity index (χ2v) is 8.31. The van der Waals surface area contributed by atoms with Gasteiger partial charge in [0.2, 0.25) is 0 Å². The minimum atomic E-state index is -0.420. The van der Waals surface area contributed by atoms with Crippen molar-refractivity contribution in [3.05, 3.63) is 69.7 Å². The molecule has 1 saturated carbocycles. The van der Waals surface area contributed by atoms with Crippen molar-refractivity contribution >= 4 is 29.1 Å². The van der Waals surface area contributed by atoms with E-state index in [1.165, 1.54) is 12.8 Å². The first kappa shape index (κ1) is 18.8. The molecule has 2 fully saturated rings. The predicted molar refractivity (Wildman–Crippen MR) is 108 cm³/mol. The van der Waals surface area contributed by atoms with Crippen LogP contribution in [0.4, 0.5) is 0 Å². The molecule has 0 radical (unpaired) electrons. The third-order valence-electron chi connectivity index (χ3n) is 5.40. The van der Waals surface area contributed by atoms with Gasteiger partial charge in [0, 0.05) is 16.6 Å². The molecule has 1 amide bonds. The molecular weight excluding hydrogens is 381 g/mol. The van der Waals surface area contributed by atoms with E-state index in [0.29, 0.717) is 22.4 Å². The summed E-state index contributed by atoms with van der Waals surface area (Å²) < 4.78 is 6.34. The number of carbonyl (C=O) groups excluding carboxylic acids is 1. The lowest BCUT2D eigenvalue weighted by Gasteiger charge is -2.45. The average molecular weight is 404 g/mol. The summed E-state index contributed by atoms with van der Waals surface area (Å²) in [6, 6.07) is 15.3. The van der Waals surface area contributed by atoms with Crippen molar-refractivity contribution in [1.29, 1.82) is 0 Å². The Hall–Kier alpha value is -1.55. The Balaban J connectivity index is 1.78. The molecule has 2 aromatic carbocycles. The van der Waals surface area contributed by atoms with Gasteiger partial charge in [-0.15, -0.1) is 0 Å². The largest absolute Gasteiger partial charge is 0.358 e. The maximum atomic E-state index is 13.2. The molecule has 0 spiro atoms. The summed E-state index contributed by atoms with van der Waals surface area (Å²) >= 11 is 12.4. The number of nitrogens with zero attached hydrogens (tertiary/aromatic N) is 1. The Morgan fingerprint density at radius 2 is 1.78 bits per heavy atom. The van der Waals surface area contributed by atoms with Crippen molar-refractivity contribution in [1.82, 2.24) is 4.90 Å². The van der Waals surface area contributed by atoms with Crippen LogP contribution in [0.1, 0.15) is 49.5 Å². The molecule has 2 aliphatic rings. The summed E-state index contributed by atoms with van der Waals surface area (Å²) in [5.74, 6) is 0.682. The Labute approximate surface area is 170 Å². The van der Waals surface area contributed by atoms with Gasteiger partial charge in [-0.2, -0.15) is 0 Å². The number of benzene rings is 2. The van der Waals surface area contributed by atoms with E-state index in [4.69, 9.17) is 27.9 Å². The molecule has 1 aliphatic carbocycles. The van der Waals surface area contributed by atoms with Crippen molar-refractivity contribution in [2.45, 2.75) is 44.4 Å². The summed E-state index contributed by atoms with van der Waals surface area (Å²) in [7, 11) is 0. The molecule has 1 aliphatic heterocycles. The molecule has 0 bridgehead atoms. The minimum Gasteiger partial charge on any atom is -0.358 e. The van der Waals surface area contributed by atoms with Gasteiger partial charge < -0.3 is 9.64 Å². The van der Waals surface area contributed by atoms with Crippen molar-refractivity contribution in [2.75, 3.05) is 6.54 Å². The zero-order valence-corrected chi connectivity index (χ0v) is 16.8. The molecule has 3 nitrogen and oxygen atoms in total. The van der Waals surface area contributed by atoms with E-state index in [2.05, 4.69) is 0 Å². The molecule has 1 saturated heterocycles. The zero-order valence-electron chi connectivity index (χ0n) is 15.3. The van der Waals surface area contributed by atoms with Crippen LogP contribution in [-0.2, 0) is 9.53 Å². The maximum Gasteiger partial charge on any atom is 0.252 e. The second-order valence-electron chi connectivity index (χ2n) is 7.44. The molecule has 0 unspecified atom stereocenters. The summed E-state index contributed by atoms with van der Waals surface area (Å²) in [5, 5.41) is 1.35. The van der Waals surface area contributed by atoms with Crippen molar-refractivity contribution in [3.63, 3.8) is 0 Å². The highest BCUT2D eigenvalue weighted by Crippen LogP contribution is 2.45. The van der Waals surface area contributed by atoms with Crippen molar-refractivity contribution in [3.8, 4) is 0 Å². The van der Waals surface area contributed by atoms with E-state index < -0.39 is 6.10 Å². The second kappa shape index (κ2) is 7.83. The fraction of sp³-hybridized carbons (Fsp3) is 0.409. The first-order valence-electron chi connectivity index (χ1n) is 9.53. The van der Waals surface area contributed by atoms with Crippen LogP contribution in [-0.4, -0.2) is 23.5 Å². The highest BCUT2D eigenvalue weighted by atomic mass is 35.5. The van der Waals surface area contributed by atoms with Gasteiger partial charge >= 0.3 is 0 Å². The monoisotopic (exact) mass is 403 g/mol. The summed E-state index contributed by atoms with van der Waals surface area (Å²) in [6.45, 7) is 2.78. The Morgan fingerprint density at radius 3 is 2.41 bits per heavy atom. The van der Waals surface area contributed by atoms with E-state index in [-0.39, 0.29) is 18.1 Å². The number of carbonyl (C=O) groups is 1. The van der Waals surface area contributed by atoms with E-state index in [9.17, 15) is 4.79 Å². The number of amides is 1. The Kier molecular flexibility index (Phi) is 5.45. The first-order valence-corrected chi connectivity index (χ1v) is 10.3. The molecule has 0 aromatic heterocycles. The van der Waals surface area contributed by atoms with Crippen LogP contribution in [0.15, 0.2) is 48.5 Å². The van der Waals surface area contributed by atoms with E-state index in [1.807, 2.05) is 60.4 Å². The standard InChI is InChI=1S/C22H23Cl2NO2/c1-2-19-22(26)25(13-14-6-7-14)20(15-8-10-17(23)11-9-15)21(27-19)16-4-3-5-18(24)12-16/h3-5,8-12,14,19-21H,2,6-7,13H2,1H3/t19-,20+,21-/m0/s1. The first-order chi connectivity index (χ1) is 13.1. The van der Waals surface area contributed by atoms with Gasteiger partial charge in [-0.3, -0.25) is 4.79 Å². The molecular formula is C22H23Cl2NO2. The topological polar surface area (TPSA) is 29.5 Å². The van der Waals surface area contributed by atoms with Gasteiger partial charge in [0.05, 0.1) is 6.04 Å². The molecule has 0 N–H and O–H groups in total. The van der Waals surface area contributed by atoms with Crippen LogP contribution in [0.3, 0.4) is 0 Å². The normalized spacial score (nSPS) is 25.7. The van der Waals surface area contributed by atoms with Crippen molar-refractivity contribution in [2.24, 2.45) is 5.92 Å². The summed E-state index contributed by atoms with van der Waals surface area (Å²) in [5.41, 5.74) is 2.03. The number of hydrogen-bond donors (Lipinski definition) is 0. The number of halogens is 2. The highest BCUT2D eigenvalue weighted by molar-refractivity contribution is 6.30. The molecule has 1 heterocycles. The number of morpholine rings is 1. The van der Waals surface area contributed by atoms with E-state index in [0.717, 1.165) is 17.7 Å².